The average Bonchev–Trinajstić information content (AvgIpc) is 2.54. The molecule has 0 radical (unpaired) electrons. The van der Waals surface area contributed by atoms with Crippen molar-refractivity contribution in [3.05, 3.63) is 34.8 Å². The van der Waals surface area contributed by atoms with Gasteiger partial charge in [0.25, 0.3) is 0 Å². The van der Waals surface area contributed by atoms with Crippen LogP contribution in [0.5, 0.6) is 0 Å². The molecule has 1 heterocycles. The minimum Gasteiger partial charge on any atom is -0.358 e. The lowest BCUT2D eigenvalue weighted by Gasteiger charge is -2.28. The van der Waals surface area contributed by atoms with E-state index in [9.17, 15) is 9.18 Å². The number of nitrogens with one attached hydrogen (secondary N) is 1. The Balaban J connectivity index is 2.34. The number of carbonyl (C=O) groups is 1. The van der Waals surface area contributed by atoms with E-state index < -0.39 is 0 Å². The predicted molar refractivity (Wildman–Crippen MR) is 69.4 cm³/mol. The van der Waals surface area contributed by atoms with E-state index in [0.717, 1.165) is 28.6 Å². The van der Waals surface area contributed by atoms with Crippen molar-refractivity contribution in [2.45, 2.75) is 33.6 Å². The second-order valence-corrected chi connectivity index (χ2v) is 6.06. The molecule has 1 aliphatic carbocycles. The molecule has 0 atom stereocenters. The molecule has 0 bridgehead atoms. The monoisotopic (exact) mass is 245 g/mol. The molecule has 0 aliphatic heterocycles. The van der Waals surface area contributed by atoms with Gasteiger partial charge in [0, 0.05) is 28.6 Å². The Morgan fingerprint density at radius 1 is 1.28 bits per heavy atom. The standard InChI is InChI=1S/C15H16FNO/c1-8-4-9(16)5-10-13-11(17-14(8)10)6-15(2,3)7-12(13)18/h4-5,17H,6-7H2,1-3H3. The van der Waals surface area contributed by atoms with E-state index in [4.69, 9.17) is 0 Å². The first kappa shape index (κ1) is 11.5. The van der Waals surface area contributed by atoms with Crippen LogP contribution in [0, 0.1) is 18.2 Å². The van der Waals surface area contributed by atoms with E-state index in [1.807, 2.05) is 6.92 Å². The summed E-state index contributed by atoms with van der Waals surface area (Å²) < 4.78 is 13.5. The van der Waals surface area contributed by atoms with Crippen LogP contribution in [-0.4, -0.2) is 10.8 Å². The summed E-state index contributed by atoms with van der Waals surface area (Å²) in [4.78, 5) is 15.6. The molecule has 18 heavy (non-hydrogen) atoms. The Labute approximate surface area is 105 Å². The molecule has 1 aromatic carbocycles. The van der Waals surface area contributed by atoms with E-state index >= 15 is 0 Å². The molecule has 0 saturated carbocycles. The SMILES string of the molecule is Cc1cc(F)cc2c3c([nH]c12)CC(C)(C)CC3=O. The zero-order valence-electron chi connectivity index (χ0n) is 10.9. The van der Waals surface area contributed by atoms with Crippen LogP contribution in [0.4, 0.5) is 4.39 Å². The molecule has 1 aromatic heterocycles. The van der Waals surface area contributed by atoms with Crippen LogP contribution in [0.2, 0.25) is 0 Å². The molecule has 2 aromatic rings. The van der Waals surface area contributed by atoms with Crippen molar-refractivity contribution < 1.29 is 9.18 Å². The molecule has 0 saturated heterocycles. The topological polar surface area (TPSA) is 32.9 Å². The summed E-state index contributed by atoms with van der Waals surface area (Å²) in [5, 5.41) is 0.739. The Hall–Kier alpha value is -1.64. The maximum Gasteiger partial charge on any atom is 0.165 e. The zero-order valence-corrected chi connectivity index (χ0v) is 10.9. The van der Waals surface area contributed by atoms with Gasteiger partial charge >= 0.3 is 0 Å². The summed E-state index contributed by atoms with van der Waals surface area (Å²) in [6.45, 7) is 6.04. The number of Topliss-reactive ketones (excluding diaryl/α,β-unsaturated/α-hetero) is 1. The maximum absolute atomic E-state index is 13.5. The number of halogens is 1. The molecule has 0 spiro atoms. The summed E-state index contributed by atoms with van der Waals surface area (Å²) in [6.07, 6.45) is 1.37. The van der Waals surface area contributed by atoms with E-state index in [0.29, 0.717) is 12.0 Å². The van der Waals surface area contributed by atoms with Crippen molar-refractivity contribution >= 4 is 16.7 Å². The van der Waals surface area contributed by atoms with Crippen molar-refractivity contribution in [1.29, 1.82) is 0 Å². The highest BCUT2D eigenvalue weighted by Crippen LogP contribution is 2.38. The van der Waals surface area contributed by atoms with Gasteiger partial charge in [-0.2, -0.15) is 0 Å². The van der Waals surface area contributed by atoms with Crippen LogP contribution >= 0.6 is 0 Å². The summed E-state index contributed by atoms with van der Waals surface area (Å²) in [7, 11) is 0. The van der Waals surface area contributed by atoms with Crippen molar-refractivity contribution in [1.82, 2.24) is 4.98 Å². The largest absolute Gasteiger partial charge is 0.358 e. The minimum atomic E-state index is -0.278. The second kappa shape index (κ2) is 3.44. The first-order valence-corrected chi connectivity index (χ1v) is 6.21. The molecule has 0 amide bonds. The Kier molecular flexibility index (Phi) is 2.19. The Morgan fingerprint density at radius 3 is 2.72 bits per heavy atom. The smallest absolute Gasteiger partial charge is 0.165 e. The van der Waals surface area contributed by atoms with Crippen LogP contribution in [-0.2, 0) is 6.42 Å². The molecular formula is C15H16FNO. The maximum atomic E-state index is 13.5. The number of hydrogen-bond acceptors (Lipinski definition) is 1. The number of aromatic amines is 1. The highest BCUT2D eigenvalue weighted by atomic mass is 19.1. The van der Waals surface area contributed by atoms with Crippen LogP contribution in [0.15, 0.2) is 12.1 Å². The molecular weight excluding hydrogens is 229 g/mol. The Morgan fingerprint density at radius 2 is 2.00 bits per heavy atom. The third kappa shape index (κ3) is 1.57. The zero-order chi connectivity index (χ0) is 13.1. The van der Waals surface area contributed by atoms with Gasteiger partial charge in [-0.3, -0.25) is 4.79 Å². The highest BCUT2D eigenvalue weighted by Gasteiger charge is 2.33. The first-order valence-electron chi connectivity index (χ1n) is 6.21. The fraction of sp³-hybridized carbons (Fsp3) is 0.400. The number of aromatic nitrogens is 1. The first-order chi connectivity index (χ1) is 8.37. The lowest BCUT2D eigenvalue weighted by molar-refractivity contribution is 0.0913. The van der Waals surface area contributed by atoms with Gasteiger partial charge in [-0.05, 0) is 36.5 Å². The van der Waals surface area contributed by atoms with Crippen molar-refractivity contribution in [3.8, 4) is 0 Å². The van der Waals surface area contributed by atoms with Gasteiger partial charge in [0.05, 0.1) is 0 Å². The van der Waals surface area contributed by atoms with Gasteiger partial charge < -0.3 is 4.98 Å². The normalized spacial score (nSPS) is 18.1. The van der Waals surface area contributed by atoms with E-state index in [1.54, 1.807) is 0 Å². The number of ketones is 1. The summed E-state index contributed by atoms with van der Waals surface area (Å²) in [5.74, 6) is -0.156. The number of fused-ring (bicyclic) bond motifs is 3. The number of hydrogen-bond donors (Lipinski definition) is 1. The molecule has 2 nitrogen and oxygen atoms in total. The van der Waals surface area contributed by atoms with Crippen LogP contribution in [0.1, 0.15) is 41.9 Å². The van der Waals surface area contributed by atoms with Gasteiger partial charge in [-0.25, -0.2) is 4.39 Å². The van der Waals surface area contributed by atoms with E-state index in [1.165, 1.54) is 12.1 Å². The van der Waals surface area contributed by atoms with Gasteiger partial charge in [-0.1, -0.05) is 13.8 Å². The van der Waals surface area contributed by atoms with Crippen LogP contribution in [0.3, 0.4) is 0 Å². The van der Waals surface area contributed by atoms with Gasteiger partial charge in [-0.15, -0.1) is 0 Å². The van der Waals surface area contributed by atoms with E-state index in [2.05, 4.69) is 18.8 Å². The lowest BCUT2D eigenvalue weighted by Crippen LogP contribution is -2.26. The highest BCUT2D eigenvalue weighted by molar-refractivity contribution is 6.10. The second-order valence-electron chi connectivity index (χ2n) is 6.06. The third-order valence-corrected chi connectivity index (χ3v) is 3.72. The quantitative estimate of drug-likeness (QED) is 0.753. The van der Waals surface area contributed by atoms with E-state index in [-0.39, 0.29) is 17.0 Å². The summed E-state index contributed by atoms with van der Waals surface area (Å²) in [6, 6.07) is 2.97. The summed E-state index contributed by atoms with van der Waals surface area (Å²) in [5.41, 5.74) is 3.39. The fourth-order valence-corrected chi connectivity index (χ4v) is 3.00. The van der Waals surface area contributed by atoms with Crippen LogP contribution < -0.4 is 0 Å². The fourth-order valence-electron chi connectivity index (χ4n) is 3.00. The number of rotatable bonds is 0. The van der Waals surface area contributed by atoms with Gasteiger partial charge in [0.1, 0.15) is 5.82 Å². The van der Waals surface area contributed by atoms with Crippen LogP contribution in [0.25, 0.3) is 10.9 Å². The van der Waals surface area contributed by atoms with Crippen molar-refractivity contribution in [3.63, 3.8) is 0 Å². The number of carbonyl (C=O) groups excluding carboxylic acids is 1. The minimum absolute atomic E-state index is 0.0165. The molecule has 94 valence electrons. The molecule has 3 rings (SSSR count). The molecule has 3 heteroatoms. The van der Waals surface area contributed by atoms with Gasteiger partial charge in [0.15, 0.2) is 5.78 Å². The number of aryl methyl sites for hydroxylation is 1. The molecule has 1 aliphatic rings. The molecule has 1 N–H and O–H groups in total. The number of benzene rings is 1. The van der Waals surface area contributed by atoms with Gasteiger partial charge in [0.2, 0.25) is 0 Å². The lowest BCUT2D eigenvalue weighted by atomic mass is 9.76. The Bertz CT molecular complexity index is 667. The van der Waals surface area contributed by atoms with Crippen molar-refractivity contribution in [2.24, 2.45) is 5.41 Å². The number of H-pyrrole nitrogens is 1. The predicted octanol–water partition coefficient (Wildman–Crippen LogP) is 3.77. The summed E-state index contributed by atoms with van der Waals surface area (Å²) >= 11 is 0. The molecule has 0 unspecified atom stereocenters. The van der Waals surface area contributed by atoms with Crippen molar-refractivity contribution in [2.75, 3.05) is 0 Å². The average molecular weight is 245 g/mol. The molecule has 0 fully saturated rings. The third-order valence-electron chi connectivity index (χ3n) is 3.72.